The van der Waals surface area contributed by atoms with Gasteiger partial charge in [-0.1, -0.05) is 13.3 Å². The second-order valence-electron chi connectivity index (χ2n) is 11.3. The van der Waals surface area contributed by atoms with Gasteiger partial charge in [-0.2, -0.15) is 0 Å². The summed E-state index contributed by atoms with van der Waals surface area (Å²) < 4.78 is 62.3. The SMILES string of the molecule is CCC[Si](C)(C)O[Si](C)(CCCOCCOCCOCCOCCOCCOCCOCCOCCOCCO)O[SiH](C)C. The highest BCUT2D eigenvalue weighted by molar-refractivity contribution is 6.85. The molecule has 1 atom stereocenters. The molecule has 1 unspecified atom stereocenters. The average Bonchev–Trinajstić information content (AvgIpc) is 2.95. The van der Waals surface area contributed by atoms with E-state index < -0.39 is 25.9 Å². The van der Waals surface area contributed by atoms with E-state index in [1.165, 1.54) is 12.5 Å². The van der Waals surface area contributed by atoms with Crippen LogP contribution < -0.4 is 0 Å². The fraction of sp³-hybridized carbons (Fsp3) is 1.00. The largest absolute Gasteiger partial charge is 0.439 e. The van der Waals surface area contributed by atoms with E-state index in [9.17, 15) is 0 Å². The molecule has 0 bridgehead atoms. The number of rotatable bonds is 36. The molecule has 266 valence electrons. The van der Waals surface area contributed by atoms with Gasteiger partial charge in [0, 0.05) is 6.61 Å². The van der Waals surface area contributed by atoms with Crippen LogP contribution in [0.2, 0.25) is 44.8 Å². The fourth-order valence-corrected chi connectivity index (χ4v) is 16.9. The Bertz CT molecular complexity index is 596. The molecule has 0 aliphatic heterocycles. The molecule has 0 aliphatic rings. The van der Waals surface area contributed by atoms with Crippen molar-refractivity contribution in [1.82, 2.24) is 0 Å². The number of hydrogen-bond acceptors (Lipinski definition) is 12. The fourth-order valence-electron chi connectivity index (χ4n) is 4.29. The van der Waals surface area contributed by atoms with E-state index in [2.05, 4.69) is 39.7 Å². The van der Waals surface area contributed by atoms with E-state index in [0.717, 1.165) is 12.5 Å². The minimum atomic E-state index is -2.15. The van der Waals surface area contributed by atoms with Crippen molar-refractivity contribution in [1.29, 1.82) is 0 Å². The molecule has 0 aromatic heterocycles. The van der Waals surface area contributed by atoms with E-state index in [4.69, 9.17) is 56.0 Å². The van der Waals surface area contributed by atoms with Crippen molar-refractivity contribution < 1.29 is 56.0 Å². The van der Waals surface area contributed by atoms with Gasteiger partial charge in [0.25, 0.3) is 0 Å². The highest BCUT2D eigenvalue weighted by Gasteiger charge is 2.38. The molecule has 15 heteroatoms. The highest BCUT2D eigenvalue weighted by Crippen LogP contribution is 2.25. The molecule has 0 aliphatic carbocycles. The average molecular weight is 691 g/mol. The van der Waals surface area contributed by atoms with Crippen LogP contribution in [0.5, 0.6) is 0 Å². The van der Waals surface area contributed by atoms with E-state index in [1.54, 1.807) is 0 Å². The third-order valence-electron chi connectivity index (χ3n) is 5.96. The second-order valence-corrected chi connectivity index (χ2v) is 21.9. The van der Waals surface area contributed by atoms with Crippen LogP contribution in [-0.4, -0.2) is 157 Å². The van der Waals surface area contributed by atoms with Gasteiger partial charge >= 0.3 is 8.56 Å². The van der Waals surface area contributed by atoms with Crippen molar-refractivity contribution >= 4 is 25.9 Å². The van der Waals surface area contributed by atoms with Crippen LogP contribution in [0.25, 0.3) is 0 Å². The monoisotopic (exact) mass is 690 g/mol. The molecular weight excluding hydrogens is 625 g/mol. The Hall–Kier alpha value is 0.171. The topological polar surface area (TPSA) is 122 Å². The third kappa shape index (κ3) is 32.1. The van der Waals surface area contributed by atoms with Gasteiger partial charge in [-0.05, 0) is 51.2 Å². The van der Waals surface area contributed by atoms with E-state index >= 15 is 0 Å². The lowest BCUT2D eigenvalue weighted by atomic mass is 10.5. The Morgan fingerprint density at radius 1 is 0.477 bits per heavy atom. The summed E-state index contributed by atoms with van der Waals surface area (Å²) in [5.41, 5.74) is 0. The van der Waals surface area contributed by atoms with Gasteiger partial charge < -0.3 is 56.0 Å². The van der Waals surface area contributed by atoms with Gasteiger partial charge in [-0.15, -0.1) is 0 Å². The molecule has 0 saturated heterocycles. The maximum Gasteiger partial charge on any atom is 0.314 e. The number of aliphatic hydroxyl groups excluding tert-OH is 1. The predicted molar refractivity (Wildman–Crippen MR) is 179 cm³/mol. The lowest BCUT2D eigenvalue weighted by molar-refractivity contribution is -0.0255. The van der Waals surface area contributed by atoms with Crippen molar-refractivity contribution in [2.24, 2.45) is 0 Å². The molecule has 0 aromatic carbocycles. The molecule has 0 heterocycles. The lowest BCUT2D eigenvalue weighted by Crippen LogP contribution is -2.50. The number of ether oxygens (including phenoxy) is 9. The van der Waals surface area contributed by atoms with Crippen molar-refractivity contribution in [2.75, 3.05) is 126 Å². The molecule has 0 saturated carbocycles. The van der Waals surface area contributed by atoms with E-state index in [1.807, 2.05) is 0 Å². The first-order valence-corrected chi connectivity index (χ1v) is 24.8. The van der Waals surface area contributed by atoms with Crippen molar-refractivity contribution in [3.63, 3.8) is 0 Å². The predicted octanol–water partition coefficient (Wildman–Crippen LogP) is 3.22. The molecular formula is C29H66O12Si3. The van der Waals surface area contributed by atoms with Crippen LogP contribution >= 0.6 is 0 Å². The summed E-state index contributed by atoms with van der Waals surface area (Å²) in [6.45, 7) is 22.9. The van der Waals surface area contributed by atoms with Crippen LogP contribution in [0.3, 0.4) is 0 Å². The van der Waals surface area contributed by atoms with E-state index in [0.29, 0.717) is 119 Å². The number of hydrogen-bond donors (Lipinski definition) is 1. The van der Waals surface area contributed by atoms with Crippen molar-refractivity contribution in [3.05, 3.63) is 0 Å². The maximum absolute atomic E-state index is 8.58. The van der Waals surface area contributed by atoms with Crippen LogP contribution in [0.4, 0.5) is 0 Å². The Labute approximate surface area is 271 Å². The van der Waals surface area contributed by atoms with Gasteiger partial charge in [0.15, 0.2) is 17.4 Å². The first-order chi connectivity index (χ1) is 21.2. The number of aliphatic hydroxyl groups is 1. The summed E-state index contributed by atoms with van der Waals surface area (Å²) >= 11 is 0. The zero-order valence-electron chi connectivity index (χ0n) is 28.8. The summed E-state index contributed by atoms with van der Waals surface area (Å²) in [6.07, 6.45) is 2.13. The summed E-state index contributed by atoms with van der Waals surface area (Å²) in [5, 5.41) is 8.58. The van der Waals surface area contributed by atoms with Crippen LogP contribution in [0.15, 0.2) is 0 Å². The van der Waals surface area contributed by atoms with Gasteiger partial charge in [-0.25, -0.2) is 0 Å². The molecule has 1 N–H and O–H groups in total. The Morgan fingerprint density at radius 3 is 1.09 bits per heavy atom. The zero-order valence-corrected chi connectivity index (χ0v) is 31.9. The smallest absolute Gasteiger partial charge is 0.314 e. The third-order valence-corrected chi connectivity index (χ3v) is 16.7. The van der Waals surface area contributed by atoms with Gasteiger partial charge in [-0.3, -0.25) is 0 Å². The molecule has 0 spiro atoms. The van der Waals surface area contributed by atoms with Crippen LogP contribution in [0.1, 0.15) is 19.8 Å². The molecule has 0 rings (SSSR count). The standard InChI is InChI=1S/C29H66O12Si3/c1-7-28-43(4,5)41-44(6,40-42(2)3)29-8-10-31-12-14-33-16-18-35-20-22-37-24-26-39-27-25-38-23-21-36-19-17-34-15-13-32-11-9-30/h30,42H,7-29H2,1-6H3. The lowest BCUT2D eigenvalue weighted by Gasteiger charge is -2.37. The quantitative estimate of drug-likeness (QED) is 0.0768. The Morgan fingerprint density at radius 2 is 0.795 bits per heavy atom. The second kappa shape index (κ2) is 31.8. The summed E-state index contributed by atoms with van der Waals surface area (Å²) in [6, 6.07) is 2.16. The van der Waals surface area contributed by atoms with Crippen molar-refractivity contribution in [2.45, 2.75) is 64.6 Å². The normalized spacial score (nSPS) is 13.6. The molecule has 12 nitrogen and oxygen atoms in total. The molecule has 0 radical (unpaired) electrons. The zero-order chi connectivity index (χ0) is 32.6. The Balaban J connectivity index is 3.39. The first kappa shape index (κ1) is 44.2. The highest BCUT2D eigenvalue weighted by atomic mass is 28.5. The van der Waals surface area contributed by atoms with Gasteiger partial charge in [0.1, 0.15) is 0 Å². The van der Waals surface area contributed by atoms with Crippen LogP contribution in [0, 0.1) is 0 Å². The first-order valence-electron chi connectivity index (χ1n) is 16.4. The summed E-state index contributed by atoms with van der Waals surface area (Å²) in [7, 11) is -4.98. The van der Waals surface area contributed by atoms with Gasteiger partial charge in [0.2, 0.25) is 0 Å². The minimum Gasteiger partial charge on any atom is -0.439 e. The minimum absolute atomic E-state index is 0.0286. The van der Waals surface area contributed by atoms with E-state index in [-0.39, 0.29) is 6.61 Å². The molecule has 0 fully saturated rings. The van der Waals surface area contributed by atoms with Gasteiger partial charge in [0.05, 0.1) is 119 Å². The maximum atomic E-state index is 8.58. The summed E-state index contributed by atoms with van der Waals surface area (Å²) in [4.78, 5) is 0. The molecule has 0 aromatic rings. The van der Waals surface area contributed by atoms with Crippen molar-refractivity contribution in [3.8, 4) is 0 Å². The Kier molecular flexibility index (Phi) is 31.9. The molecule has 44 heavy (non-hydrogen) atoms. The van der Waals surface area contributed by atoms with Crippen LogP contribution in [-0.2, 0) is 50.9 Å². The summed E-state index contributed by atoms with van der Waals surface area (Å²) in [5.74, 6) is 0. The molecule has 0 amide bonds.